The van der Waals surface area contributed by atoms with E-state index < -0.39 is 18.4 Å². The minimum Gasteiger partial charge on any atom is -1.00 e. The van der Waals surface area contributed by atoms with Crippen molar-refractivity contribution in [3.63, 3.8) is 0 Å². The third kappa shape index (κ3) is 18.1. The molecule has 0 amide bonds. The first-order valence-electron chi connectivity index (χ1n) is 1.56. The molecule has 0 rings (SSSR count). The van der Waals surface area contributed by atoms with Crippen LogP contribution in [0.5, 0.6) is 0 Å². The molecule has 0 aromatic heterocycles. The Balaban J connectivity index is -0.0000000600. The van der Waals surface area contributed by atoms with E-state index in [4.69, 9.17) is 10.2 Å². The normalized spacial score (nSPS) is 6.22. The zero-order valence-corrected chi connectivity index (χ0v) is 6.83. The van der Waals surface area contributed by atoms with Crippen LogP contribution in [-0.4, -0.2) is 22.2 Å². The van der Waals surface area contributed by atoms with Gasteiger partial charge in [-0.3, -0.25) is 14.3 Å². The molecule has 9 heavy (non-hydrogen) atoms. The smallest absolute Gasteiger partial charge is 1.00 e. The van der Waals surface area contributed by atoms with Crippen molar-refractivity contribution in [2.75, 3.05) is 0 Å². The van der Waals surface area contributed by atoms with Crippen LogP contribution in [0.4, 0.5) is 4.70 Å². The number of carboxylic acids is 2. The van der Waals surface area contributed by atoms with Crippen molar-refractivity contribution in [1.29, 1.82) is 0 Å². The van der Waals surface area contributed by atoms with Gasteiger partial charge in [0, 0.05) is 0 Å². The maximum absolute atomic E-state index is 9.43. The molecule has 0 atom stereocenters. The van der Waals surface area contributed by atoms with Gasteiger partial charge in [0.2, 0.25) is 0 Å². The topological polar surface area (TPSA) is 74.6 Å². The summed E-state index contributed by atoms with van der Waals surface area (Å²) in [4.78, 5) is 18.9. The van der Waals surface area contributed by atoms with Crippen LogP contribution in [0.2, 0.25) is 0 Å². The largest absolute Gasteiger partial charge is 1.00 e. The van der Waals surface area contributed by atoms with Crippen molar-refractivity contribution in [3.05, 3.63) is 0 Å². The van der Waals surface area contributed by atoms with Gasteiger partial charge in [0.25, 0.3) is 0 Å². The van der Waals surface area contributed by atoms with Gasteiger partial charge in [0.15, 0.2) is 0 Å². The van der Waals surface area contributed by atoms with Gasteiger partial charge in [0.1, 0.15) is 6.42 Å². The molecule has 0 aliphatic rings. The summed E-state index contributed by atoms with van der Waals surface area (Å²) in [7, 11) is 0. The Morgan fingerprint density at radius 3 is 1.44 bits per heavy atom. The number of aliphatic carboxylic acids is 2. The fourth-order valence-corrected chi connectivity index (χ4v) is 0.129. The van der Waals surface area contributed by atoms with Crippen LogP contribution < -0.4 is 29.6 Å². The van der Waals surface area contributed by atoms with Gasteiger partial charge in [-0.15, -0.1) is 0 Å². The van der Waals surface area contributed by atoms with E-state index in [1.807, 2.05) is 0 Å². The van der Waals surface area contributed by atoms with E-state index in [0.717, 1.165) is 0 Å². The van der Waals surface area contributed by atoms with Crippen molar-refractivity contribution < 1.29 is 55.5 Å². The minimum absolute atomic E-state index is 0. The van der Waals surface area contributed by atoms with Gasteiger partial charge in [-0.1, -0.05) is 0 Å². The van der Waals surface area contributed by atoms with E-state index >= 15 is 0 Å². The van der Waals surface area contributed by atoms with Crippen molar-refractivity contribution in [2.45, 2.75) is 6.42 Å². The van der Waals surface area contributed by atoms with Crippen molar-refractivity contribution in [2.24, 2.45) is 0 Å². The van der Waals surface area contributed by atoms with Crippen LogP contribution in [0.15, 0.2) is 0 Å². The molecule has 0 aromatic carbocycles. The van der Waals surface area contributed by atoms with Crippen LogP contribution in [0.25, 0.3) is 0 Å². The molecule has 0 heterocycles. The molecule has 6 heteroatoms. The molecule has 2 N–H and O–H groups in total. The molecule has 0 saturated carbocycles. The molecule has 0 bridgehead atoms. The molecule has 0 unspecified atom stereocenters. The summed E-state index contributed by atoms with van der Waals surface area (Å²) >= 11 is 0. The van der Waals surface area contributed by atoms with Gasteiger partial charge >= 0.3 is 41.5 Å². The maximum atomic E-state index is 9.43. The summed E-state index contributed by atoms with van der Waals surface area (Å²) in [6.45, 7) is 0. The van der Waals surface area contributed by atoms with Gasteiger partial charge in [-0.2, -0.15) is 0 Å². The van der Waals surface area contributed by atoms with E-state index in [1.165, 1.54) is 0 Å². The Bertz CT molecular complexity index is 96.7. The maximum Gasteiger partial charge on any atom is 1.00 e. The van der Waals surface area contributed by atoms with E-state index in [0.29, 0.717) is 0 Å². The van der Waals surface area contributed by atoms with E-state index in [-0.39, 0.29) is 35.7 Å². The Labute approximate surface area is 74.0 Å². The predicted octanol–water partition coefficient (Wildman–Crippen LogP) is -3.19. The SMILES string of the molecule is F.O=C(O)CC(=O)O.[H-].[Na+]. The number of carbonyl (C=O) groups is 2. The van der Waals surface area contributed by atoms with Crippen LogP contribution in [0.1, 0.15) is 7.85 Å². The van der Waals surface area contributed by atoms with Gasteiger partial charge in [-0.05, 0) is 0 Å². The average molecular weight is 148 g/mol. The van der Waals surface area contributed by atoms with E-state index in [2.05, 4.69) is 0 Å². The molecular weight excluding hydrogens is 142 g/mol. The third-order valence-corrected chi connectivity index (χ3v) is 0.302. The first-order valence-corrected chi connectivity index (χ1v) is 1.56. The van der Waals surface area contributed by atoms with Gasteiger partial charge < -0.3 is 11.6 Å². The first kappa shape index (κ1) is 15.9. The molecule has 50 valence electrons. The summed E-state index contributed by atoms with van der Waals surface area (Å²) in [6, 6.07) is 0. The summed E-state index contributed by atoms with van der Waals surface area (Å²) in [6.07, 6.45) is -0.806. The molecule has 0 fully saturated rings. The molecule has 0 spiro atoms. The molecule has 0 saturated heterocycles. The number of halogens is 1. The average Bonchev–Trinajstić information content (AvgIpc) is 1.27. The number of hydrogen-bond acceptors (Lipinski definition) is 2. The molecule has 0 aromatic rings. The standard InChI is InChI=1S/C3H4O4.FH.Na.H/c4-2(5)1-3(6)7;;;/h1H2,(H,4,5)(H,6,7);1H;;/q;;+1;-1. The van der Waals surface area contributed by atoms with Gasteiger partial charge in [-0.25, -0.2) is 0 Å². The second-order valence-corrected chi connectivity index (χ2v) is 0.964. The Morgan fingerprint density at radius 1 is 1.22 bits per heavy atom. The van der Waals surface area contributed by atoms with Crippen molar-refractivity contribution in [3.8, 4) is 0 Å². The quantitative estimate of drug-likeness (QED) is 0.319. The Kier molecular flexibility index (Phi) is 13.9. The van der Waals surface area contributed by atoms with Crippen LogP contribution >= 0.6 is 0 Å². The molecule has 0 aliphatic carbocycles. The molecule has 0 radical (unpaired) electrons. The molecule has 0 aliphatic heterocycles. The second-order valence-electron chi connectivity index (χ2n) is 0.964. The third-order valence-electron chi connectivity index (χ3n) is 0.302. The van der Waals surface area contributed by atoms with Crippen LogP contribution in [-0.2, 0) is 9.59 Å². The molecule has 4 nitrogen and oxygen atoms in total. The van der Waals surface area contributed by atoms with E-state index in [1.54, 1.807) is 0 Å². The van der Waals surface area contributed by atoms with Crippen LogP contribution in [0.3, 0.4) is 0 Å². The summed E-state index contributed by atoms with van der Waals surface area (Å²) < 4.78 is 0. The van der Waals surface area contributed by atoms with Crippen molar-refractivity contribution in [1.82, 2.24) is 0 Å². The van der Waals surface area contributed by atoms with E-state index in [9.17, 15) is 9.59 Å². The number of rotatable bonds is 2. The number of hydrogen-bond donors (Lipinski definition) is 2. The van der Waals surface area contributed by atoms with Crippen LogP contribution in [0, 0.1) is 0 Å². The second kappa shape index (κ2) is 7.87. The summed E-state index contributed by atoms with van der Waals surface area (Å²) in [5, 5.41) is 15.4. The first-order chi connectivity index (χ1) is 3.13. The predicted molar refractivity (Wildman–Crippen MR) is 23.5 cm³/mol. The van der Waals surface area contributed by atoms with Crippen molar-refractivity contribution >= 4 is 11.9 Å². The monoisotopic (exact) mass is 148 g/mol. The fourth-order valence-electron chi connectivity index (χ4n) is 0.129. The zero-order chi connectivity index (χ0) is 5.86. The van der Waals surface area contributed by atoms with Gasteiger partial charge in [0.05, 0.1) is 0 Å². The minimum atomic E-state index is -1.31. The fraction of sp³-hybridized carbons (Fsp3) is 0.333. The molecular formula is C3H6FNaO4. The number of carboxylic acid groups (broad SMARTS) is 2. The zero-order valence-electron chi connectivity index (χ0n) is 5.83. The Morgan fingerprint density at radius 2 is 1.44 bits per heavy atom. The summed E-state index contributed by atoms with van der Waals surface area (Å²) in [5.74, 6) is -2.62. The summed E-state index contributed by atoms with van der Waals surface area (Å²) in [5.41, 5.74) is 0. The Hall–Kier alpha value is -0.130.